The van der Waals surface area contributed by atoms with E-state index in [1.165, 1.54) is 18.2 Å². The largest absolute Gasteiger partial charge is 0.418 e. The molecule has 0 unspecified atom stereocenters. The van der Waals surface area contributed by atoms with E-state index >= 15 is 0 Å². The molecule has 174 valence electrons. The number of alkyl halides is 3. The van der Waals surface area contributed by atoms with Gasteiger partial charge in [-0.3, -0.25) is 9.36 Å². The summed E-state index contributed by atoms with van der Waals surface area (Å²) in [5.41, 5.74) is 0.726. The lowest BCUT2D eigenvalue weighted by molar-refractivity contribution is -0.137. The highest BCUT2D eigenvalue weighted by Crippen LogP contribution is 2.35. The van der Waals surface area contributed by atoms with E-state index in [-0.39, 0.29) is 11.4 Å². The number of thioether (sulfide) groups is 1. The van der Waals surface area contributed by atoms with Gasteiger partial charge in [0, 0.05) is 13.1 Å². The number of benzene rings is 2. The quantitative estimate of drug-likeness (QED) is 0.538. The second kappa shape index (κ2) is 9.84. The summed E-state index contributed by atoms with van der Waals surface area (Å²) < 4.78 is 46.9. The number of amides is 1. The molecule has 11 heteroatoms. The van der Waals surface area contributed by atoms with Crippen molar-refractivity contribution in [2.75, 3.05) is 42.3 Å². The van der Waals surface area contributed by atoms with Crippen molar-refractivity contribution < 1.29 is 22.7 Å². The average molecular weight is 478 g/mol. The summed E-state index contributed by atoms with van der Waals surface area (Å²) in [6.45, 7) is 4.43. The number of para-hydroxylation sites is 1. The first kappa shape index (κ1) is 23.1. The van der Waals surface area contributed by atoms with Gasteiger partial charge in [0.15, 0.2) is 5.16 Å². The number of nitrogens with zero attached hydrogens (tertiary/aromatic N) is 4. The van der Waals surface area contributed by atoms with Crippen LogP contribution in [0, 0.1) is 6.92 Å². The van der Waals surface area contributed by atoms with Gasteiger partial charge in [-0.05, 0) is 36.8 Å². The van der Waals surface area contributed by atoms with Gasteiger partial charge in [0.05, 0.1) is 35.9 Å². The van der Waals surface area contributed by atoms with Crippen LogP contribution in [-0.2, 0) is 15.7 Å². The van der Waals surface area contributed by atoms with Gasteiger partial charge in [0.1, 0.15) is 0 Å². The van der Waals surface area contributed by atoms with Crippen LogP contribution in [0.15, 0.2) is 53.7 Å². The molecule has 2 aromatic carbocycles. The number of nitrogens with one attached hydrogen (secondary N) is 1. The normalized spacial score (nSPS) is 14.4. The molecule has 0 atom stereocenters. The topological polar surface area (TPSA) is 72.3 Å². The molecule has 1 amide bonds. The number of carbonyl (C=O) groups is 1. The molecule has 4 rings (SSSR count). The molecule has 0 radical (unpaired) electrons. The highest BCUT2D eigenvalue weighted by molar-refractivity contribution is 7.99. The molecule has 7 nitrogen and oxygen atoms in total. The lowest BCUT2D eigenvalue weighted by Crippen LogP contribution is -2.37. The SMILES string of the molecule is Cc1cccc(-n2c(SCC(=O)Nc3ccccc3C(F)(F)F)nnc2N2CCOCC2)c1. The molecular weight excluding hydrogens is 455 g/mol. The maximum atomic E-state index is 13.2. The number of halogens is 3. The minimum Gasteiger partial charge on any atom is -0.378 e. The van der Waals surface area contributed by atoms with E-state index in [0.717, 1.165) is 29.1 Å². The molecule has 0 aliphatic carbocycles. The molecule has 1 aliphatic rings. The minimum atomic E-state index is -4.56. The Kier molecular flexibility index (Phi) is 6.89. The highest BCUT2D eigenvalue weighted by atomic mass is 32.2. The Morgan fingerprint density at radius 2 is 1.88 bits per heavy atom. The maximum absolute atomic E-state index is 13.2. The van der Waals surface area contributed by atoms with Gasteiger partial charge < -0.3 is 15.0 Å². The van der Waals surface area contributed by atoms with Crippen LogP contribution in [0.5, 0.6) is 0 Å². The van der Waals surface area contributed by atoms with Crippen LogP contribution in [0.2, 0.25) is 0 Å². The third-order valence-electron chi connectivity index (χ3n) is 5.01. The third kappa shape index (κ3) is 5.48. The van der Waals surface area contributed by atoms with Crippen molar-refractivity contribution in [3.05, 3.63) is 59.7 Å². The van der Waals surface area contributed by atoms with Gasteiger partial charge in [-0.2, -0.15) is 13.2 Å². The first-order valence-corrected chi connectivity index (χ1v) is 11.3. The summed E-state index contributed by atoms with van der Waals surface area (Å²) in [7, 11) is 0. The second-order valence-electron chi connectivity index (χ2n) is 7.44. The molecule has 2 heterocycles. The fraction of sp³-hybridized carbons (Fsp3) is 0.318. The Morgan fingerprint density at radius 3 is 2.61 bits per heavy atom. The summed E-state index contributed by atoms with van der Waals surface area (Å²) in [6, 6.07) is 12.7. The first-order chi connectivity index (χ1) is 15.8. The molecule has 0 saturated carbocycles. The Bertz CT molecular complexity index is 1130. The summed E-state index contributed by atoms with van der Waals surface area (Å²) in [4.78, 5) is 14.5. The lowest BCUT2D eigenvalue weighted by atomic mass is 10.1. The van der Waals surface area contributed by atoms with Crippen LogP contribution in [0.4, 0.5) is 24.8 Å². The number of rotatable bonds is 6. The van der Waals surface area contributed by atoms with Crippen LogP contribution in [0.25, 0.3) is 5.69 Å². The second-order valence-corrected chi connectivity index (χ2v) is 8.38. The zero-order valence-electron chi connectivity index (χ0n) is 17.8. The molecule has 1 N–H and O–H groups in total. The fourth-order valence-corrected chi connectivity index (χ4v) is 4.22. The van der Waals surface area contributed by atoms with Gasteiger partial charge in [0.25, 0.3) is 0 Å². The number of hydrogen-bond donors (Lipinski definition) is 1. The Balaban J connectivity index is 1.55. The third-order valence-corrected chi connectivity index (χ3v) is 5.94. The smallest absolute Gasteiger partial charge is 0.378 e. The van der Waals surface area contributed by atoms with E-state index in [1.54, 1.807) is 0 Å². The van der Waals surface area contributed by atoms with Gasteiger partial charge in [0.2, 0.25) is 11.9 Å². The number of aromatic nitrogens is 3. The van der Waals surface area contributed by atoms with E-state index in [0.29, 0.717) is 37.4 Å². The van der Waals surface area contributed by atoms with Crippen molar-refractivity contribution in [3.8, 4) is 5.69 Å². The van der Waals surface area contributed by atoms with Crippen molar-refractivity contribution in [1.29, 1.82) is 0 Å². The van der Waals surface area contributed by atoms with Crippen molar-refractivity contribution in [1.82, 2.24) is 14.8 Å². The molecule has 1 saturated heterocycles. The Labute approximate surface area is 192 Å². The van der Waals surface area contributed by atoms with Crippen LogP contribution in [0.3, 0.4) is 0 Å². The average Bonchev–Trinajstić information content (AvgIpc) is 3.22. The number of carbonyl (C=O) groups excluding carboxylic acids is 1. The molecule has 1 fully saturated rings. The van der Waals surface area contributed by atoms with Crippen molar-refractivity contribution in [3.63, 3.8) is 0 Å². The highest BCUT2D eigenvalue weighted by Gasteiger charge is 2.33. The molecule has 1 aromatic heterocycles. The molecule has 33 heavy (non-hydrogen) atoms. The zero-order chi connectivity index (χ0) is 23.4. The van der Waals surface area contributed by atoms with Crippen LogP contribution in [0.1, 0.15) is 11.1 Å². The Hall–Kier alpha value is -3.05. The van der Waals surface area contributed by atoms with Gasteiger partial charge >= 0.3 is 6.18 Å². The van der Waals surface area contributed by atoms with Crippen molar-refractivity contribution in [2.45, 2.75) is 18.3 Å². The lowest BCUT2D eigenvalue weighted by Gasteiger charge is -2.28. The molecular formula is C22H22F3N5O2S. The summed E-state index contributed by atoms with van der Waals surface area (Å²) >= 11 is 1.11. The predicted molar refractivity (Wildman–Crippen MR) is 120 cm³/mol. The van der Waals surface area contributed by atoms with E-state index in [9.17, 15) is 18.0 Å². The number of hydrogen-bond acceptors (Lipinski definition) is 6. The zero-order valence-corrected chi connectivity index (χ0v) is 18.6. The maximum Gasteiger partial charge on any atom is 0.418 e. The van der Waals surface area contributed by atoms with Gasteiger partial charge in [-0.1, -0.05) is 36.0 Å². The van der Waals surface area contributed by atoms with Crippen molar-refractivity contribution >= 4 is 29.3 Å². The van der Waals surface area contributed by atoms with Crippen molar-refractivity contribution in [2.24, 2.45) is 0 Å². The van der Waals surface area contributed by atoms with E-state index in [1.807, 2.05) is 35.8 Å². The standard InChI is InChI=1S/C22H22F3N5O2S/c1-15-5-4-6-16(13-15)30-20(29-9-11-32-12-10-29)27-28-21(30)33-14-19(31)26-18-8-3-2-7-17(18)22(23,24)25/h2-8,13H,9-12,14H2,1H3,(H,26,31). The number of ether oxygens (including phenoxy) is 1. The fourth-order valence-electron chi connectivity index (χ4n) is 3.47. The van der Waals surface area contributed by atoms with E-state index in [4.69, 9.17) is 4.74 Å². The molecule has 3 aromatic rings. The van der Waals surface area contributed by atoms with Crippen LogP contribution in [-0.4, -0.2) is 52.7 Å². The number of morpholine rings is 1. The van der Waals surface area contributed by atoms with E-state index in [2.05, 4.69) is 20.4 Å². The van der Waals surface area contributed by atoms with E-state index < -0.39 is 17.6 Å². The molecule has 1 aliphatic heterocycles. The predicted octanol–water partition coefficient (Wildman–Crippen LogP) is 4.16. The van der Waals surface area contributed by atoms with Gasteiger partial charge in [-0.15, -0.1) is 10.2 Å². The number of aryl methyl sites for hydroxylation is 1. The van der Waals surface area contributed by atoms with Crippen LogP contribution >= 0.6 is 11.8 Å². The summed E-state index contributed by atoms with van der Waals surface area (Å²) in [6.07, 6.45) is -4.56. The van der Waals surface area contributed by atoms with Crippen LogP contribution < -0.4 is 10.2 Å². The molecule has 0 bridgehead atoms. The minimum absolute atomic E-state index is 0.126. The summed E-state index contributed by atoms with van der Waals surface area (Å²) in [5, 5.41) is 11.4. The summed E-state index contributed by atoms with van der Waals surface area (Å²) in [5.74, 6) is -0.0585. The Morgan fingerprint density at radius 1 is 1.12 bits per heavy atom. The molecule has 0 spiro atoms. The monoisotopic (exact) mass is 477 g/mol. The van der Waals surface area contributed by atoms with Gasteiger partial charge in [-0.25, -0.2) is 0 Å². The first-order valence-electron chi connectivity index (χ1n) is 10.3. The number of anilines is 2.